The molecular formula is C14H24BrNS. The third kappa shape index (κ3) is 5.54. The highest BCUT2D eigenvalue weighted by Crippen LogP contribution is 2.31. The second kappa shape index (κ2) is 5.85. The van der Waals surface area contributed by atoms with Gasteiger partial charge in [-0.05, 0) is 67.1 Å². The van der Waals surface area contributed by atoms with Gasteiger partial charge < -0.3 is 5.32 Å². The van der Waals surface area contributed by atoms with Crippen LogP contribution in [0, 0.1) is 5.41 Å². The lowest BCUT2D eigenvalue weighted by Gasteiger charge is -2.32. The van der Waals surface area contributed by atoms with E-state index in [-0.39, 0.29) is 5.54 Å². The van der Waals surface area contributed by atoms with Crippen LogP contribution in [0.1, 0.15) is 45.9 Å². The summed E-state index contributed by atoms with van der Waals surface area (Å²) in [7, 11) is 0. The Morgan fingerprint density at radius 3 is 2.29 bits per heavy atom. The molecule has 1 heterocycles. The van der Waals surface area contributed by atoms with E-state index in [2.05, 4.69) is 68.0 Å². The molecule has 0 radical (unpaired) electrons. The second-order valence-corrected chi connectivity index (χ2v) is 8.70. The molecule has 17 heavy (non-hydrogen) atoms. The second-order valence-electron chi connectivity index (χ2n) is 6.15. The molecule has 0 aliphatic rings. The Hall–Kier alpha value is 0.140. The van der Waals surface area contributed by atoms with Gasteiger partial charge in [-0.25, -0.2) is 0 Å². The average molecular weight is 318 g/mol. The van der Waals surface area contributed by atoms with Crippen LogP contribution in [0.2, 0.25) is 0 Å². The van der Waals surface area contributed by atoms with E-state index in [4.69, 9.17) is 0 Å². The van der Waals surface area contributed by atoms with Crippen LogP contribution in [-0.2, 0) is 6.42 Å². The predicted molar refractivity (Wildman–Crippen MR) is 81.9 cm³/mol. The molecule has 0 saturated heterocycles. The maximum atomic E-state index is 3.63. The normalized spacial score (nSPS) is 15.9. The van der Waals surface area contributed by atoms with Crippen molar-refractivity contribution in [2.45, 2.75) is 53.0 Å². The standard InChI is InChI=1S/C14H24BrNS/c1-6-14(5,10-16-13(2,3)4)9-11-7-8-12(15)17-11/h7-8,16H,6,9-10H2,1-5H3. The first-order valence-corrected chi connectivity index (χ1v) is 7.84. The first kappa shape index (κ1) is 15.2. The van der Waals surface area contributed by atoms with Crippen LogP contribution in [0.25, 0.3) is 0 Å². The SMILES string of the molecule is CCC(C)(CNC(C)(C)C)Cc1ccc(Br)s1. The molecule has 1 atom stereocenters. The summed E-state index contributed by atoms with van der Waals surface area (Å²) in [5.41, 5.74) is 0.546. The molecule has 0 bridgehead atoms. The molecule has 1 unspecified atom stereocenters. The molecule has 1 nitrogen and oxygen atoms in total. The van der Waals surface area contributed by atoms with Crippen molar-refractivity contribution < 1.29 is 0 Å². The number of hydrogen-bond acceptors (Lipinski definition) is 2. The zero-order valence-electron chi connectivity index (χ0n) is 11.6. The number of halogens is 1. The molecule has 0 amide bonds. The number of rotatable bonds is 5. The van der Waals surface area contributed by atoms with Crippen LogP contribution in [0.3, 0.4) is 0 Å². The van der Waals surface area contributed by atoms with Gasteiger partial charge >= 0.3 is 0 Å². The van der Waals surface area contributed by atoms with E-state index < -0.39 is 0 Å². The van der Waals surface area contributed by atoms with Gasteiger partial charge in [-0.15, -0.1) is 11.3 Å². The molecule has 0 saturated carbocycles. The fourth-order valence-corrected chi connectivity index (χ4v) is 3.36. The third-order valence-corrected chi connectivity index (χ3v) is 4.75. The molecule has 3 heteroatoms. The molecular weight excluding hydrogens is 294 g/mol. The Morgan fingerprint density at radius 2 is 1.88 bits per heavy atom. The van der Waals surface area contributed by atoms with Gasteiger partial charge in [-0.2, -0.15) is 0 Å². The molecule has 0 spiro atoms. The number of thiophene rings is 1. The summed E-state index contributed by atoms with van der Waals surface area (Å²) in [5, 5.41) is 3.63. The Balaban J connectivity index is 2.62. The number of hydrogen-bond donors (Lipinski definition) is 1. The topological polar surface area (TPSA) is 12.0 Å². The van der Waals surface area contributed by atoms with Crippen molar-refractivity contribution in [3.05, 3.63) is 20.8 Å². The summed E-state index contributed by atoms with van der Waals surface area (Å²) in [4.78, 5) is 1.47. The summed E-state index contributed by atoms with van der Waals surface area (Å²) < 4.78 is 1.23. The fraction of sp³-hybridized carbons (Fsp3) is 0.714. The van der Waals surface area contributed by atoms with Crippen LogP contribution >= 0.6 is 27.3 Å². The van der Waals surface area contributed by atoms with E-state index in [0.29, 0.717) is 5.41 Å². The van der Waals surface area contributed by atoms with Gasteiger partial charge in [0.1, 0.15) is 0 Å². The van der Waals surface area contributed by atoms with Gasteiger partial charge in [-0.3, -0.25) is 0 Å². The van der Waals surface area contributed by atoms with Gasteiger partial charge in [0.05, 0.1) is 3.79 Å². The van der Waals surface area contributed by atoms with Gasteiger partial charge in [-0.1, -0.05) is 13.8 Å². The summed E-state index contributed by atoms with van der Waals surface area (Å²) in [6, 6.07) is 4.38. The molecule has 0 aliphatic heterocycles. The minimum atomic E-state index is 0.201. The molecule has 98 valence electrons. The highest BCUT2D eigenvalue weighted by Gasteiger charge is 2.25. The molecule has 0 aliphatic carbocycles. The van der Waals surface area contributed by atoms with Crippen molar-refractivity contribution in [1.82, 2.24) is 5.32 Å². The van der Waals surface area contributed by atoms with Crippen LogP contribution in [0.4, 0.5) is 0 Å². The largest absolute Gasteiger partial charge is 0.312 e. The van der Waals surface area contributed by atoms with Crippen molar-refractivity contribution in [1.29, 1.82) is 0 Å². The Kier molecular flexibility index (Phi) is 5.23. The zero-order valence-corrected chi connectivity index (χ0v) is 14.0. The Labute approximate surface area is 118 Å². The smallest absolute Gasteiger partial charge is 0.0701 e. The molecule has 1 N–H and O–H groups in total. The number of nitrogens with one attached hydrogen (secondary N) is 1. The van der Waals surface area contributed by atoms with E-state index in [1.165, 1.54) is 15.1 Å². The zero-order chi connectivity index (χ0) is 13.1. The Bertz CT molecular complexity index is 353. The lowest BCUT2D eigenvalue weighted by atomic mass is 9.82. The van der Waals surface area contributed by atoms with E-state index in [9.17, 15) is 0 Å². The van der Waals surface area contributed by atoms with Crippen molar-refractivity contribution in [2.75, 3.05) is 6.54 Å². The Morgan fingerprint density at radius 1 is 1.24 bits per heavy atom. The highest BCUT2D eigenvalue weighted by atomic mass is 79.9. The quantitative estimate of drug-likeness (QED) is 0.818. The van der Waals surface area contributed by atoms with Crippen molar-refractivity contribution in [2.24, 2.45) is 5.41 Å². The maximum Gasteiger partial charge on any atom is 0.0701 e. The molecule has 1 aromatic heterocycles. The predicted octanol–water partition coefficient (Wildman–Crippen LogP) is 4.86. The molecule has 0 aromatic carbocycles. The van der Waals surface area contributed by atoms with Crippen molar-refractivity contribution in [3.63, 3.8) is 0 Å². The maximum absolute atomic E-state index is 3.63. The summed E-state index contributed by atoms with van der Waals surface area (Å²) in [6.45, 7) is 12.4. The minimum absolute atomic E-state index is 0.201. The fourth-order valence-electron chi connectivity index (χ4n) is 1.66. The highest BCUT2D eigenvalue weighted by molar-refractivity contribution is 9.11. The third-order valence-electron chi connectivity index (χ3n) is 3.13. The first-order chi connectivity index (χ1) is 7.74. The summed E-state index contributed by atoms with van der Waals surface area (Å²) in [6.07, 6.45) is 2.36. The first-order valence-electron chi connectivity index (χ1n) is 6.23. The lowest BCUT2D eigenvalue weighted by Crippen LogP contribution is -2.43. The van der Waals surface area contributed by atoms with Gasteiger partial charge in [0.25, 0.3) is 0 Å². The summed E-state index contributed by atoms with van der Waals surface area (Å²) >= 11 is 5.39. The van der Waals surface area contributed by atoms with E-state index >= 15 is 0 Å². The minimum Gasteiger partial charge on any atom is -0.312 e. The van der Waals surface area contributed by atoms with Crippen molar-refractivity contribution in [3.8, 4) is 0 Å². The van der Waals surface area contributed by atoms with E-state index in [0.717, 1.165) is 13.0 Å². The average Bonchev–Trinajstić information content (AvgIpc) is 2.60. The van der Waals surface area contributed by atoms with E-state index in [1.54, 1.807) is 0 Å². The van der Waals surface area contributed by atoms with Crippen LogP contribution in [0.5, 0.6) is 0 Å². The molecule has 1 rings (SSSR count). The van der Waals surface area contributed by atoms with Gasteiger partial charge in [0.2, 0.25) is 0 Å². The monoisotopic (exact) mass is 317 g/mol. The summed E-state index contributed by atoms with van der Waals surface area (Å²) in [5.74, 6) is 0. The van der Waals surface area contributed by atoms with Crippen molar-refractivity contribution >= 4 is 27.3 Å². The van der Waals surface area contributed by atoms with Gasteiger partial charge in [0.15, 0.2) is 0 Å². The van der Waals surface area contributed by atoms with E-state index in [1.807, 2.05) is 11.3 Å². The van der Waals surface area contributed by atoms with Crippen LogP contribution in [-0.4, -0.2) is 12.1 Å². The van der Waals surface area contributed by atoms with Gasteiger partial charge in [0, 0.05) is 17.0 Å². The van der Waals surface area contributed by atoms with Crippen LogP contribution < -0.4 is 5.32 Å². The molecule has 1 aromatic rings. The molecule has 0 fully saturated rings. The van der Waals surface area contributed by atoms with Crippen LogP contribution in [0.15, 0.2) is 15.9 Å². The lowest BCUT2D eigenvalue weighted by molar-refractivity contribution is 0.256.